The van der Waals surface area contributed by atoms with E-state index in [1.807, 2.05) is 70.5 Å². The van der Waals surface area contributed by atoms with E-state index in [-0.39, 0.29) is 45.7 Å². The van der Waals surface area contributed by atoms with E-state index in [1.54, 1.807) is 33.7 Å². The summed E-state index contributed by atoms with van der Waals surface area (Å²) in [5.41, 5.74) is 13.1. The van der Waals surface area contributed by atoms with Crippen molar-refractivity contribution >= 4 is 81.2 Å². The van der Waals surface area contributed by atoms with Gasteiger partial charge in [0.2, 0.25) is 34.4 Å². The minimum Gasteiger partial charge on any atom is -0.368 e. The Bertz CT molecular complexity index is 2770. The number of benzene rings is 2. The standard InChI is InChI=1S/C19H14Cl3N7O.C19H18ClN9O/c2*20-12-8-10-28-14(12)16(30)29(11-5-2-1-3-6-11)15(26-28)13-7-4-9-27(13)19-24-17(21)23-18(22)25-19/h1-3,5-6,8,10,13H,4,7,9H2;1-3,5-6,8,10,13H,4,7,9H2,(H4,21,22,23,24,25)/t2*13-/m00/s1. The summed E-state index contributed by atoms with van der Waals surface area (Å²) < 4.78 is 6.22. The Kier molecular flexibility index (Phi) is 10.5. The van der Waals surface area contributed by atoms with Gasteiger partial charge in [-0.15, -0.1) is 0 Å². The zero-order chi connectivity index (χ0) is 41.7. The lowest BCUT2D eigenvalue weighted by molar-refractivity contribution is 0.596. The molecule has 2 aliphatic rings. The lowest BCUT2D eigenvalue weighted by atomic mass is 10.2. The van der Waals surface area contributed by atoms with Crippen molar-refractivity contribution < 1.29 is 0 Å². The lowest BCUT2D eigenvalue weighted by Crippen LogP contribution is -2.33. The second-order valence-corrected chi connectivity index (χ2v) is 15.3. The molecule has 18 nitrogen and oxygen atoms in total. The molecule has 0 saturated carbocycles. The molecule has 2 aromatic carbocycles. The zero-order valence-electron chi connectivity index (χ0n) is 31.2. The molecule has 8 aromatic rings. The van der Waals surface area contributed by atoms with E-state index in [2.05, 4.69) is 29.9 Å². The molecule has 60 heavy (non-hydrogen) atoms. The maximum Gasteiger partial charge on any atom is 0.284 e. The van der Waals surface area contributed by atoms with Gasteiger partial charge in [-0.1, -0.05) is 59.6 Å². The van der Waals surface area contributed by atoms with Crippen molar-refractivity contribution in [3.05, 3.63) is 138 Å². The molecule has 0 unspecified atom stereocenters. The molecule has 2 saturated heterocycles. The smallest absolute Gasteiger partial charge is 0.284 e. The quantitative estimate of drug-likeness (QED) is 0.202. The molecule has 304 valence electrons. The number of anilines is 4. The van der Waals surface area contributed by atoms with Crippen LogP contribution in [0.15, 0.2) is 94.8 Å². The second kappa shape index (κ2) is 16.0. The number of hydrogen-bond donors (Lipinski definition) is 2. The Morgan fingerprint density at radius 3 is 1.38 bits per heavy atom. The van der Waals surface area contributed by atoms with E-state index >= 15 is 0 Å². The summed E-state index contributed by atoms with van der Waals surface area (Å²) in [5.74, 6) is 1.91. The predicted molar refractivity (Wildman–Crippen MR) is 229 cm³/mol. The van der Waals surface area contributed by atoms with Crippen LogP contribution in [0.2, 0.25) is 20.6 Å². The molecule has 2 fully saturated rings. The van der Waals surface area contributed by atoms with Gasteiger partial charge in [-0.3, -0.25) is 18.7 Å². The summed E-state index contributed by atoms with van der Waals surface area (Å²) in [6.07, 6.45) is 6.59. The van der Waals surface area contributed by atoms with Gasteiger partial charge < -0.3 is 21.3 Å². The highest BCUT2D eigenvalue weighted by molar-refractivity contribution is 6.34. The topological polar surface area (TPSA) is 214 Å². The third-order valence-electron chi connectivity index (χ3n) is 10.2. The van der Waals surface area contributed by atoms with Crippen molar-refractivity contribution in [1.29, 1.82) is 0 Å². The normalized spacial score (nSPS) is 16.5. The number of hydrogen-bond acceptors (Lipinski definition) is 14. The Hall–Kier alpha value is -6.34. The summed E-state index contributed by atoms with van der Waals surface area (Å²) in [6, 6.07) is 21.5. The molecule has 2 aliphatic heterocycles. The highest BCUT2D eigenvalue weighted by atomic mass is 35.5. The number of nitrogens with two attached hydrogens (primary N) is 2. The molecule has 2 atom stereocenters. The summed E-state index contributed by atoms with van der Waals surface area (Å²) in [4.78, 5) is 55.4. The van der Waals surface area contributed by atoms with Crippen LogP contribution in [-0.2, 0) is 0 Å². The Morgan fingerprint density at radius 1 is 0.533 bits per heavy atom. The number of aromatic nitrogens is 12. The third kappa shape index (κ3) is 7.20. The number of para-hydroxylation sites is 2. The van der Waals surface area contributed by atoms with Gasteiger partial charge in [0.1, 0.15) is 11.0 Å². The van der Waals surface area contributed by atoms with E-state index < -0.39 is 0 Å². The number of nitrogen functional groups attached to an aromatic ring is 2. The van der Waals surface area contributed by atoms with Gasteiger partial charge in [0.15, 0.2) is 11.6 Å². The Balaban J connectivity index is 0.000000154. The highest BCUT2D eigenvalue weighted by Gasteiger charge is 2.35. The SMILES string of the molecule is Nc1nc(N)nc(N2CCC[C@H]2c2nn3ccc(Cl)c3c(=O)n2-c2ccccc2)n1.O=c1c2c(Cl)ccn2nc([C@@H]2CCCN2c2nc(Cl)nc(Cl)n2)n1-c1ccccc1. The number of fused-ring (bicyclic) bond motifs is 2. The third-order valence-corrected chi connectivity index (χ3v) is 11.1. The number of nitrogens with zero attached hydrogens (tertiary/aromatic N) is 14. The maximum atomic E-state index is 13.5. The minimum absolute atomic E-state index is 0.0108. The largest absolute Gasteiger partial charge is 0.368 e. The molecule has 0 aliphatic carbocycles. The summed E-state index contributed by atoms with van der Waals surface area (Å²) in [6.45, 7) is 1.33. The molecular weight excluding hydrogens is 854 g/mol. The van der Waals surface area contributed by atoms with Crippen molar-refractivity contribution in [2.24, 2.45) is 0 Å². The maximum absolute atomic E-state index is 13.5. The van der Waals surface area contributed by atoms with E-state index in [0.29, 0.717) is 69.1 Å². The van der Waals surface area contributed by atoms with Crippen LogP contribution in [0, 0.1) is 0 Å². The van der Waals surface area contributed by atoms with E-state index in [0.717, 1.165) is 25.7 Å². The van der Waals surface area contributed by atoms with Gasteiger partial charge in [-0.25, -0.2) is 9.03 Å². The molecule has 0 amide bonds. The van der Waals surface area contributed by atoms with E-state index in [4.69, 9.17) is 68.1 Å². The van der Waals surface area contributed by atoms with Gasteiger partial charge in [-0.05, 0) is 85.3 Å². The van der Waals surface area contributed by atoms with Crippen molar-refractivity contribution in [2.45, 2.75) is 37.8 Å². The first-order valence-electron chi connectivity index (χ1n) is 18.6. The van der Waals surface area contributed by atoms with Gasteiger partial charge in [0.05, 0.1) is 33.5 Å². The van der Waals surface area contributed by atoms with Crippen LogP contribution >= 0.6 is 46.4 Å². The van der Waals surface area contributed by atoms with Gasteiger partial charge in [-0.2, -0.15) is 40.1 Å². The minimum atomic E-state index is -0.266. The molecule has 22 heteroatoms. The fraction of sp³-hybridized carbons (Fsp3) is 0.211. The van der Waals surface area contributed by atoms with Crippen LogP contribution in [-0.4, -0.2) is 71.4 Å². The van der Waals surface area contributed by atoms with Crippen LogP contribution in [0.3, 0.4) is 0 Å². The molecular formula is C38H32Cl4N16O2. The molecule has 0 spiro atoms. The van der Waals surface area contributed by atoms with Crippen molar-refractivity contribution in [1.82, 2.24) is 58.3 Å². The van der Waals surface area contributed by atoms with Gasteiger partial charge >= 0.3 is 0 Å². The first-order chi connectivity index (χ1) is 29.0. The summed E-state index contributed by atoms with van der Waals surface area (Å²) >= 11 is 24.5. The molecule has 8 heterocycles. The van der Waals surface area contributed by atoms with Crippen LogP contribution in [0.1, 0.15) is 49.4 Å². The van der Waals surface area contributed by atoms with Crippen LogP contribution in [0.25, 0.3) is 22.4 Å². The number of halogens is 4. The van der Waals surface area contributed by atoms with Crippen molar-refractivity contribution in [3.63, 3.8) is 0 Å². The van der Waals surface area contributed by atoms with Gasteiger partial charge in [0, 0.05) is 25.5 Å². The predicted octanol–water partition coefficient (Wildman–Crippen LogP) is 5.80. The Labute approximate surface area is 359 Å². The zero-order valence-corrected chi connectivity index (χ0v) is 34.2. The molecule has 6 aromatic heterocycles. The van der Waals surface area contributed by atoms with E-state index in [9.17, 15) is 9.59 Å². The van der Waals surface area contributed by atoms with Crippen LogP contribution in [0.5, 0.6) is 0 Å². The monoisotopic (exact) mass is 884 g/mol. The van der Waals surface area contributed by atoms with E-state index in [1.165, 1.54) is 9.03 Å². The fourth-order valence-electron chi connectivity index (χ4n) is 7.70. The van der Waals surface area contributed by atoms with Crippen molar-refractivity contribution in [3.8, 4) is 11.4 Å². The fourth-order valence-corrected chi connectivity index (χ4v) is 8.50. The first kappa shape index (κ1) is 39.1. The summed E-state index contributed by atoms with van der Waals surface area (Å²) in [5, 5.41) is 10.2. The summed E-state index contributed by atoms with van der Waals surface area (Å²) in [7, 11) is 0. The first-order valence-corrected chi connectivity index (χ1v) is 20.1. The number of rotatable bonds is 6. The average molecular weight is 887 g/mol. The highest BCUT2D eigenvalue weighted by Crippen LogP contribution is 2.36. The van der Waals surface area contributed by atoms with Crippen molar-refractivity contribution in [2.75, 3.05) is 34.4 Å². The Morgan fingerprint density at radius 2 is 0.950 bits per heavy atom. The van der Waals surface area contributed by atoms with Crippen LogP contribution in [0.4, 0.5) is 23.8 Å². The van der Waals surface area contributed by atoms with Gasteiger partial charge in [0.25, 0.3) is 11.1 Å². The molecule has 4 N–H and O–H groups in total. The lowest BCUT2D eigenvalue weighted by Gasteiger charge is -2.26. The second-order valence-electron chi connectivity index (χ2n) is 13.8. The average Bonchev–Trinajstić information content (AvgIpc) is 4.05. The van der Waals surface area contributed by atoms with Crippen LogP contribution < -0.4 is 32.4 Å². The molecule has 0 bridgehead atoms. The molecule has 10 rings (SSSR count). The molecule has 0 radical (unpaired) electrons.